The highest BCUT2D eigenvalue weighted by molar-refractivity contribution is 7.80. The van der Waals surface area contributed by atoms with Crippen LogP contribution in [0.25, 0.3) is 0 Å². The summed E-state index contributed by atoms with van der Waals surface area (Å²) in [6.07, 6.45) is 2.13. The fourth-order valence-corrected chi connectivity index (χ4v) is 3.47. The van der Waals surface area contributed by atoms with Gasteiger partial charge in [0.1, 0.15) is 5.75 Å². The zero-order valence-electron chi connectivity index (χ0n) is 16.6. The van der Waals surface area contributed by atoms with Gasteiger partial charge >= 0.3 is 0 Å². The van der Waals surface area contributed by atoms with Crippen LogP contribution in [0, 0.1) is 0 Å². The predicted octanol–water partition coefficient (Wildman–Crippen LogP) is 4.88. The van der Waals surface area contributed by atoms with E-state index in [1.165, 1.54) is 0 Å². The Balaban J connectivity index is 1.93. The molecule has 0 bridgehead atoms. The SMILES string of the molecule is CCCCOc1ccc(C2NC(=S)N(C)C(C)=C2C(=O)c2ccccc2)cc1. The first-order chi connectivity index (χ1) is 13.5. The van der Waals surface area contributed by atoms with Crippen molar-refractivity contribution < 1.29 is 9.53 Å². The number of carbonyl (C=O) groups excluding carboxylic acids is 1. The molecular weight excluding hydrogens is 368 g/mol. The Labute approximate surface area is 172 Å². The molecule has 0 spiro atoms. The standard InChI is InChI=1S/C23H26N2O2S/c1-4-5-15-27-19-13-11-17(12-14-19)21-20(16(2)25(3)23(28)24-21)22(26)18-9-7-6-8-10-18/h6-14,21H,4-5,15H2,1-3H3,(H,24,28). The Morgan fingerprint density at radius 2 is 1.82 bits per heavy atom. The molecule has 0 saturated carbocycles. The second kappa shape index (κ2) is 9.02. The summed E-state index contributed by atoms with van der Waals surface area (Å²) in [4.78, 5) is 15.1. The molecule has 2 aromatic rings. The van der Waals surface area contributed by atoms with Crippen LogP contribution in [0.4, 0.5) is 0 Å². The summed E-state index contributed by atoms with van der Waals surface area (Å²) < 4.78 is 5.76. The number of Topliss-reactive ketones (excluding diaryl/α,β-unsaturated/α-hetero) is 1. The maximum Gasteiger partial charge on any atom is 0.193 e. The summed E-state index contributed by atoms with van der Waals surface area (Å²) in [5.41, 5.74) is 3.23. The summed E-state index contributed by atoms with van der Waals surface area (Å²) in [7, 11) is 1.88. The first-order valence-corrected chi connectivity index (χ1v) is 10.0. The van der Waals surface area contributed by atoms with Crippen molar-refractivity contribution in [1.82, 2.24) is 10.2 Å². The molecule has 0 radical (unpaired) electrons. The van der Waals surface area contributed by atoms with Crippen LogP contribution in [0.15, 0.2) is 65.9 Å². The summed E-state index contributed by atoms with van der Waals surface area (Å²) in [6, 6.07) is 17.0. The first kappa shape index (κ1) is 20.1. The average molecular weight is 395 g/mol. The lowest BCUT2D eigenvalue weighted by Crippen LogP contribution is -2.45. The predicted molar refractivity (Wildman–Crippen MR) is 117 cm³/mol. The number of ketones is 1. The van der Waals surface area contributed by atoms with Gasteiger partial charge in [-0.2, -0.15) is 0 Å². The van der Waals surface area contributed by atoms with E-state index in [1.807, 2.05) is 73.5 Å². The number of nitrogens with zero attached hydrogens (tertiary/aromatic N) is 1. The van der Waals surface area contributed by atoms with Gasteiger partial charge < -0.3 is 15.0 Å². The van der Waals surface area contributed by atoms with Crippen LogP contribution in [0.3, 0.4) is 0 Å². The van der Waals surface area contributed by atoms with Crippen molar-refractivity contribution in [2.24, 2.45) is 0 Å². The molecule has 0 amide bonds. The molecule has 1 atom stereocenters. The van der Waals surface area contributed by atoms with Crippen LogP contribution in [-0.2, 0) is 0 Å². The average Bonchev–Trinajstić information content (AvgIpc) is 2.73. The van der Waals surface area contributed by atoms with Gasteiger partial charge in [0.2, 0.25) is 0 Å². The number of ether oxygens (including phenoxy) is 1. The number of thiocarbonyl (C=S) groups is 1. The molecule has 28 heavy (non-hydrogen) atoms. The Bertz CT molecular complexity index is 875. The van der Waals surface area contributed by atoms with Gasteiger partial charge in [-0.1, -0.05) is 55.8 Å². The van der Waals surface area contributed by atoms with E-state index in [9.17, 15) is 4.79 Å². The molecule has 1 unspecified atom stereocenters. The van der Waals surface area contributed by atoms with E-state index in [-0.39, 0.29) is 11.8 Å². The van der Waals surface area contributed by atoms with E-state index in [4.69, 9.17) is 17.0 Å². The normalized spacial score (nSPS) is 16.8. The minimum absolute atomic E-state index is 0.00761. The Kier molecular flexibility index (Phi) is 6.47. The van der Waals surface area contributed by atoms with E-state index in [1.54, 1.807) is 0 Å². The van der Waals surface area contributed by atoms with Crippen molar-refractivity contribution in [3.05, 3.63) is 77.0 Å². The van der Waals surface area contributed by atoms with Crippen LogP contribution in [-0.4, -0.2) is 29.5 Å². The molecule has 0 saturated heterocycles. The molecule has 3 rings (SSSR count). The fourth-order valence-electron chi connectivity index (χ4n) is 3.22. The first-order valence-electron chi connectivity index (χ1n) is 9.60. The molecule has 0 aromatic heterocycles. The van der Waals surface area contributed by atoms with Gasteiger partial charge in [0.25, 0.3) is 0 Å². The lowest BCUT2D eigenvalue weighted by molar-refractivity contribution is 0.102. The number of carbonyl (C=O) groups is 1. The molecule has 2 aromatic carbocycles. The summed E-state index contributed by atoms with van der Waals surface area (Å²) in [6.45, 7) is 4.79. The summed E-state index contributed by atoms with van der Waals surface area (Å²) in [5.74, 6) is 0.845. The lowest BCUT2D eigenvalue weighted by atomic mass is 9.89. The maximum absolute atomic E-state index is 13.3. The van der Waals surface area contributed by atoms with Crippen molar-refractivity contribution in [2.45, 2.75) is 32.7 Å². The van der Waals surface area contributed by atoms with Gasteiger partial charge in [-0.25, -0.2) is 0 Å². The highest BCUT2D eigenvalue weighted by Gasteiger charge is 2.32. The monoisotopic (exact) mass is 394 g/mol. The molecule has 0 aliphatic carbocycles. The molecule has 1 aliphatic rings. The number of unbranched alkanes of at least 4 members (excludes halogenated alkanes) is 1. The van der Waals surface area contributed by atoms with Crippen LogP contribution >= 0.6 is 12.2 Å². The summed E-state index contributed by atoms with van der Waals surface area (Å²) in [5, 5.41) is 3.93. The molecule has 1 heterocycles. The second-order valence-electron chi connectivity index (χ2n) is 6.91. The van der Waals surface area contributed by atoms with Crippen LogP contribution < -0.4 is 10.1 Å². The van der Waals surface area contributed by atoms with E-state index >= 15 is 0 Å². The zero-order valence-corrected chi connectivity index (χ0v) is 17.4. The molecule has 1 aliphatic heterocycles. The van der Waals surface area contributed by atoms with Gasteiger partial charge in [-0.15, -0.1) is 0 Å². The Morgan fingerprint density at radius 3 is 2.46 bits per heavy atom. The molecule has 5 heteroatoms. The quantitative estimate of drug-likeness (QED) is 0.412. The number of benzene rings is 2. The van der Waals surface area contributed by atoms with E-state index in [0.29, 0.717) is 22.9 Å². The third-order valence-corrected chi connectivity index (χ3v) is 5.41. The van der Waals surface area contributed by atoms with Crippen molar-refractivity contribution in [1.29, 1.82) is 0 Å². The van der Waals surface area contributed by atoms with Gasteiger partial charge in [0.05, 0.1) is 12.6 Å². The Hall–Kier alpha value is -2.66. The highest BCUT2D eigenvalue weighted by Crippen LogP contribution is 2.33. The topological polar surface area (TPSA) is 41.6 Å². The Morgan fingerprint density at radius 1 is 1.14 bits per heavy atom. The number of nitrogens with one attached hydrogen (secondary N) is 1. The van der Waals surface area contributed by atoms with Crippen molar-refractivity contribution in [3.8, 4) is 5.75 Å². The van der Waals surface area contributed by atoms with Gasteiger partial charge in [0, 0.05) is 23.9 Å². The lowest BCUT2D eigenvalue weighted by Gasteiger charge is -2.36. The zero-order chi connectivity index (χ0) is 20.1. The second-order valence-corrected chi connectivity index (χ2v) is 7.29. The van der Waals surface area contributed by atoms with Gasteiger partial charge in [-0.3, -0.25) is 4.79 Å². The minimum Gasteiger partial charge on any atom is -0.494 e. The van der Waals surface area contributed by atoms with E-state index < -0.39 is 0 Å². The number of hydrogen-bond acceptors (Lipinski definition) is 3. The molecule has 0 fully saturated rings. The van der Waals surface area contributed by atoms with Crippen molar-refractivity contribution >= 4 is 23.1 Å². The van der Waals surface area contributed by atoms with Crippen LogP contribution in [0.2, 0.25) is 0 Å². The molecule has 4 nitrogen and oxygen atoms in total. The van der Waals surface area contributed by atoms with Crippen LogP contribution in [0.1, 0.15) is 48.7 Å². The minimum atomic E-state index is -0.291. The number of hydrogen-bond donors (Lipinski definition) is 1. The molecule has 1 N–H and O–H groups in total. The smallest absolute Gasteiger partial charge is 0.193 e. The third-order valence-electron chi connectivity index (χ3n) is 5.01. The largest absolute Gasteiger partial charge is 0.494 e. The number of rotatable bonds is 7. The van der Waals surface area contributed by atoms with Gasteiger partial charge in [0.15, 0.2) is 10.9 Å². The molecule has 146 valence electrons. The van der Waals surface area contributed by atoms with Crippen molar-refractivity contribution in [3.63, 3.8) is 0 Å². The van der Waals surface area contributed by atoms with Crippen LogP contribution in [0.5, 0.6) is 5.75 Å². The maximum atomic E-state index is 13.3. The molecular formula is C23H26N2O2S. The highest BCUT2D eigenvalue weighted by atomic mass is 32.1. The third kappa shape index (κ3) is 4.25. The fraction of sp³-hybridized carbons (Fsp3) is 0.304. The number of allylic oxidation sites excluding steroid dienone is 1. The van der Waals surface area contributed by atoms with Gasteiger partial charge in [-0.05, 0) is 43.3 Å². The summed E-state index contributed by atoms with van der Waals surface area (Å²) >= 11 is 5.48. The van der Waals surface area contributed by atoms with E-state index in [2.05, 4.69) is 12.2 Å². The van der Waals surface area contributed by atoms with Crippen molar-refractivity contribution in [2.75, 3.05) is 13.7 Å². The van der Waals surface area contributed by atoms with E-state index in [0.717, 1.165) is 29.9 Å².